The maximum atomic E-state index is 12.7. The van der Waals surface area contributed by atoms with Crippen molar-refractivity contribution in [3.8, 4) is 5.75 Å². The van der Waals surface area contributed by atoms with E-state index in [9.17, 15) is 9.90 Å². The van der Waals surface area contributed by atoms with Crippen LogP contribution in [0.1, 0.15) is 23.2 Å². The molecule has 1 aromatic carbocycles. The summed E-state index contributed by atoms with van der Waals surface area (Å²) in [6, 6.07) is 5.47. The Morgan fingerprint density at radius 1 is 1.42 bits per heavy atom. The lowest BCUT2D eigenvalue weighted by atomic mass is 9.91. The van der Waals surface area contributed by atoms with Crippen LogP contribution in [0.2, 0.25) is 0 Å². The van der Waals surface area contributed by atoms with E-state index >= 15 is 0 Å². The number of carbonyl (C=O) groups excluding carboxylic acids is 1. The van der Waals surface area contributed by atoms with Crippen molar-refractivity contribution in [2.75, 3.05) is 19.6 Å². The van der Waals surface area contributed by atoms with Gasteiger partial charge in [-0.25, -0.2) is 0 Å². The third-order valence-corrected chi connectivity index (χ3v) is 4.80. The summed E-state index contributed by atoms with van der Waals surface area (Å²) in [6.45, 7) is 2.68. The highest BCUT2D eigenvalue weighted by Crippen LogP contribution is 2.30. The number of nitrogens with one attached hydrogen (secondary N) is 1. The standard InChI is InChI=1S/C14H17IN2O2/c15-10-3-4-13(18)11(6-10)14(19)17-5-1-2-9-7-16-8-12(9)17/h3-4,6,9,12,16,18H,1-2,5,7-8H2. The number of aromatic hydroxyl groups is 1. The molecule has 2 heterocycles. The number of rotatable bonds is 1. The van der Waals surface area contributed by atoms with Crippen LogP contribution in [0, 0.1) is 9.49 Å². The lowest BCUT2D eigenvalue weighted by Gasteiger charge is -2.37. The highest BCUT2D eigenvalue weighted by Gasteiger charge is 2.38. The molecular formula is C14H17IN2O2. The Bertz CT molecular complexity index is 506. The SMILES string of the molecule is O=C(c1cc(I)ccc1O)N1CCCC2CNCC21. The van der Waals surface area contributed by atoms with Crippen LogP contribution in [-0.2, 0) is 0 Å². The first-order valence-corrected chi connectivity index (χ1v) is 7.75. The minimum absolute atomic E-state index is 0.0329. The number of hydrogen-bond acceptors (Lipinski definition) is 3. The number of piperidine rings is 1. The monoisotopic (exact) mass is 372 g/mol. The molecule has 0 spiro atoms. The molecule has 1 aromatic rings. The van der Waals surface area contributed by atoms with Gasteiger partial charge in [0.25, 0.3) is 5.91 Å². The summed E-state index contributed by atoms with van der Waals surface area (Å²) >= 11 is 2.16. The smallest absolute Gasteiger partial charge is 0.257 e. The average molecular weight is 372 g/mol. The third-order valence-electron chi connectivity index (χ3n) is 4.13. The summed E-state index contributed by atoms with van der Waals surface area (Å²) in [7, 11) is 0. The number of phenolic OH excluding ortho intramolecular Hbond substituents is 1. The van der Waals surface area contributed by atoms with Gasteiger partial charge < -0.3 is 15.3 Å². The summed E-state index contributed by atoms with van der Waals surface area (Å²) in [5.41, 5.74) is 0.430. The number of hydrogen-bond donors (Lipinski definition) is 2. The maximum absolute atomic E-state index is 12.7. The van der Waals surface area contributed by atoms with Crippen LogP contribution in [0.3, 0.4) is 0 Å². The highest BCUT2D eigenvalue weighted by molar-refractivity contribution is 14.1. The van der Waals surface area contributed by atoms with E-state index in [0.29, 0.717) is 17.5 Å². The normalized spacial score (nSPS) is 26.3. The number of nitrogens with zero attached hydrogens (tertiary/aromatic N) is 1. The number of benzene rings is 1. The van der Waals surface area contributed by atoms with Crippen LogP contribution in [0.5, 0.6) is 5.75 Å². The van der Waals surface area contributed by atoms with E-state index in [1.165, 1.54) is 6.42 Å². The molecular weight excluding hydrogens is 355 g/mol. The van der Waals surface area contributed by atoms with E-state index in [-0.39, 0.29) is 11.7 Å². The molecule has 0 radical (unpaired) electrons. The molecule has 0 aliphatic carbocycles. The maximum Gasteiger partial charge on any atom is 0.257 e. The molecule has 2 aliphatic heterocycles. The Balaban J connectivity index is 1.88. The largest absolute Gasteiger partial charge is 0.507 e. The number of amides is 1. The molecule has 4 nitrogen and oxygen atoms in total. The fraction of sp³-hybridized carbons (Fsp3) is 0.500. The molecule has 1 amide bonds. The molecule has 19 heavy (non-hydrogen) atoms. The molecule has 102 valence electrons. The summed E-state index contributed by atoms with van der Waals surface area (Å²) in [4.78, 5) is 14.6. The number of likely N-dealkylation sites (tertiary alicyclic amines) is 1. The summed E-state index contributed by atoms with van der Waals surface area (Å²) in [6.07, 6.45) is 2.25. The van der Waals surface area contributed by atoms with Gasteiger partial charge in [0, 0.05) is 29.2 Å². The summed E-state index contributed by atoms with van der Waals surface area (Å²) < 4.78 is 0.969. The van der Waals surface area contributed by atoms with Gasteiger partial charge in [-0.05, 0) is 59.5 Å². The van der Waals surface area contributed by atoms with E-state index < -0.39 is 0 Å². The van der Waals surface area contributed by atoms with Gasteiger partial charge in [0.2, 0.25) is 0 Å². The zero-order chi connectivity index (χ0) is 13.4. The van der Waals surface area contributed by atoms with Gasteiger partial charge in [0.05, 0.1) is 5.56 Å². The Hall–Kier alpha value is -0.820. The van der Waals surface area contributed by atoms with Crippen LogP contribution >= 0.6 is 22.6 Å². The highest BCUT2D eigenvalue weighted by atomic mass is 127. The van der Waals surface area contributed by atoms with Gasteiger partial charge in [-0.3, -0.25) is 4.79 Å². The molecule has 0 saturated carbocycles. The zero-order valence-corrected chi connectivity index (χ0v) is 12.8. The summed E-state index contributed by atoms with van der Waals surface area (Å²) in [5, 5.41) is 13.3. The molecule has 2 saturated heterocycles. The van der Waals surface area contributed by atoms with E-state index in [0.717, 1.165) is 29.6 Å². The lowest BCUT2D eigenvalue weighted by molar-refractivity contribution is 0.0571. The fourth-order valence-electron chi connectivity index (χ4n) is 3.15. The second-order valence-corrected chi connectivity index (χ2v) is 6.53. The Kier molecular flexibility index (Phi) is 3.66. The molecule has 2 fully saturated rings. The molecule has 2 aliphatic rings. The van der Waals surface area contributed by atoms with Gasteiger partial charge in [0.1, 0.15) is 5.75 Å². The van der Waals surface area contributed by atoms with Crippen LogP contribution in [-0.4, -0.2) is 41.6 Å². The van der Waals surface area contributed by atoms with Crippen molar-refractivity contribution in [1.82, 2.24) is 10.2 Å². The van der Waals surface area contributed by atoms with E-state index in [1.807, 2.05) is 11.0 Å². The number of halogens is 1. The Labute approximate surface area is 126 Å². The average Bonchev–Trinajstić information content (AvgIpc) is 2.89. The fourth-order valence-corrected chi connectivity index (χ4v) is 3.65. The van der Waals surface area contributed by atoms with Crippen molar-refractivity contribution in [2.24, 2.45) is 5.92 Å². The van der Waals surface area contributed by atoms with Gasteiger partial charge in [-0.2, -0.15) is 0 Å². The van der Waals surface area contributed by atoms with Crippen molar-refractivity contribution in [3.05, 3.63) is 27.3 Å². The molecule has 2 atom stereocenters. The first kappa shape index (κ1) is 13.2. The van der Waals surface area contributed by atoms with Crippen LogP contribution in [0.15, 0.2) is 18.2 Å². The lowest BCUT2D eigenvalue weighted by Crippen LogP contribution is -2.48. The van der Waals surface area contributed by atoms with Gasteiger partial charge in [-0.15, -0.1) is 0 Å². The van der Waals surface area contributed by atoms with Gasteiger partial charge in [-0.1, -0.05) is 0 Å². The molecule has 3 rings (SSSR count). The number of carbonyl (C=O) groups is 1. The molecule has 2 unspecified atom stereocenters. The predicted molar refractivity (Wildman–Crippen MR) is 81.2 cm³/mol. The van der Waals surface area contributed by atoms with Crippen molar-refractivity contribution in [1.29, 1.82) is 0 Å². The Morgan fingerprint density at radius 2 is 2.26 bits per heavy atom. The third kappa shape index (κ3) is 2.45. The van der Waals surface area contributed by atoms with E-state index in [2.05, 4.69) is 27.9 Å². The van der Waals surface area contributed by atoms with Crippen LogP contribution in [0.25, 0.3) is 0 Å². The number of phenols is 1. The van der Waals surface area contributed by atoms with E-state index in [4.69, 9.17) is 0 Å². The van der Waals surface area contributed by atoms with Crippen molar-refractivity contribution in [3.63, 3.8) is 0 Å². The first-order chi connectivity index (χ1) is 9.16. The summed E-state index contributed by atoms with van der Waals surface area (Å²) in [5.74, 6) is 0.621. The van der Waals surface area contributed by atoms with Crippen molar-refractivity contribution < 1.29 is 9.90 Å². The van der Waals surface area contributed by atoms with Crippen molar-refractivity contribution >= 4 is 28.5 Å². The topological polar surface area (TPSA) is 52.6 Å². The van der Waals surface area contributed by atoms with Gasteiger partial charge in [0.15, 0.2) is 0 Å². The zero-order valence-electron chi connectivity index (χ0n) is 10.6. The van der Waals surface area contributed by atoms with E-state index in [1.54, 1.807) is 12.1 Å². The quantitative estimate of drug-likeness (QED) is 0.740. The molecule has 0 bridgehead atoms. The molecule has 2 N–H and O–H groups in total. The van der Waals surface area contributed by atoms with Gasteiger partial charge >= 0.3 is 0 Å². The minimum Gasteiger partial charge on any atom is -0.507 e. The number of fused-ring (bicyclic) bond motifs is 1. The molecule has 0 aromatic heterocycles. The van der Waals surface area contributed by atoms with Crippen LogP contribution in [0.4, 0.5) is 0 Å². The molecule has 5 heteroatoms. The van der Waals surface area contributed by atoms with Crippen LogP contribution < -0.4 is 5.32 Å². The predicted octanol–water partition coefficient (Wildman–Crippen LogP) is 1.82. The van der Waals surface area contributed by atoms with Crippen molar-refractivity contribution in [2.45, 2.75) is 18.9 Å². The second kappa shape index (κ2) is 5.28. The first-order valence-electron chi connectivity index (χ1n) is 6.67. The Morgan fingerprint density at radius 3 is 3.11 bits per heavy atom. The second-order valence-electron chi connectivity index (χ2n) is 5.29. The minimum atomic E-state index is -0.0329.